The van der Waals surface area contributed by atoms with Gasteiger partial charge in [-0.15, -0.1) is 0 Å². The van der Waals surface area contributed by atoms with Crippen LogP contribution < -0.4 is 26.2 Å². The molecule has 11 aromatic carbocycles. The minimum absolute atomic E-state index is 0.0162. The molecule has 4 aliphatic carbocycles. The van der Waals surface area contributed by atoms with Crippen molar-refractivity contribution < 1.29 is 0 Å². The molecule has 0 bridgehead atoms. The van der Waals surface area contributed by atoms with Crippen molar-refractivity contribution in [2.24, 2.45) is 0 Å². The highest BCUT2D eigenvalue weighted by Crippen LogP contribution is 2.65. The molecule has 0 amide bonds. The highest BCUT2D eigenvalue weighted by molar-refractivity contribution is 7.00. The van der Waals surface area contributed by atoms with Crippen molar-refractivity contribution in [2.75, 3.05) is 9.80 Å². The predicted molar refractivity (Wildman–Crippen MR) is 321 cm³/mol. The molecule has 2 heterocycles. The van der Waals surface area contributed by atoms with E-state index in [2.05, 4.69) is 275 Å². The second-order valence-corrected chi connectivity index (χ2v) is 23.6. The van der Waals surface area contributed by atoms with Gasteiger partial charge in [-0.1, -0.05) is 203 Å². The first-order valence-corrected chi connectivity index (χ1v) is 27.5. The molecular weight excluding hydrogens is 928 g/mol. The summed E-state index contributed by atoms with van der Waals surface area (Å²) in [5.74, 6) is 0. The molecule has 17 rings (SSSR count). The maximum atomic E-state index is 2.63. The van der Waals surface area contributed by atoms with E-state index in [4.69, 9.17) is 0 Å². The largest absolute Gasteiger partial charge is 0.311 e. The van der Waals surface area contributed by atoms with E-state index in [0.29, 0.717) is 0 Å². The first-order chi connectivity index (χ1) is 37.7. The van der Waals surface area contributed by atoms with Gasteiger partial charge < -0.3 is 9.80 Å². The summed E-state index contributed by atoms with van der Waals surface area (Å²) in [5.41, 5.74) is 35.6. The lowest BCUT2D eigenvalue weighted by atomic mass is 9.33. The fourth-order valence-corrected chi connectivity index (χ4v) is 15.7. The molecule has 0 radical (unpaired) electrons. The number of benzene rings is 11. The van der Waals surface area contributed by atoms with Gasteiger partial charge in [0.15, 0.2) is 0 Å². The third-order valence-electron chi connectivity index (χ3n) is 18.7. The third-order valence-corrected chi connectivity index (χ3v) is 18.7. The smallest absolute Gasteiger partial charge is 0.252 e. The van der Waals surface area contributed by atoms with Crippen LogP contribution in [0.25, 0.3) is 44.5 Å². The predicted octanol–water partition coefficient (Wildman–Crippen LogP) is 16.4. The summed E-state index contributed by atoms with van der Waals surface area (Å²) in [6.45, 7) is 11.6. The normalized spacial score (nSPS) is 15.2. The van der Waals surface area contributed by atoms with Crippen LogP contribution in [-0.4, -0.2) is 6.71 Å². The van der Waals surface area contributed by atoms with Crippen LogP contribution >= 0.6 is 0 Å². The monoisotopic (exact) mass is 980 g/mol. The van der Waals surface area contributed by atoms with E-state index >= 15 is 0 Å². The Hall–Kier alpha value is -8.92. The zero-order valence-electron chi connectivity index (χ0n) is 43.9. The molecule has 0 aromatic heterocycles. The van der Waals surface area contributed by atoms with Crippen molar-refractivity contribution >= 4 is 57.2 Å². The van der Waals surface area contributed by atoms with Crippen LogP contribution in [0.3, 0.4) is 0 Å². The van der Waals surface area contributed by atoms with E-state index in [1.54, 1.807) is 0 Å². The maximum absolute atomic E-state index is 2.63. The summed E-state index contributed by atoms with van der Waals surface area (Å²) in [6.07, 6.45) is 0. The SMILES string of the molecule is Cc1ccc2c(c1)N(c1ccc3c(c1)-c1ccccc1C31c3ccccc3-c3ccccc31)c1cc(C(C)(C)C)cc3c1B2c1ccc(C)cc1N3c1ccc2c(c1)-c1ccccc1C21c2ccccc2-c2ccccc21. The Morgan fingerprint density at radius 1 is 0.312 bits per heavy atom. The summed E-state index contributed by atoms with van der Waals surface area (Å²) in [7, 11) is 0. The van der Waals surface area contributed by atoms with Crippen LogP contribution in [0, 0.1) is 13.8 Å². The van der Waals surface area contributed by atoms with E-state index in [-0.39, 0.29) is 12.1 Å². The fraction of sp³-hybridized carbons (Fsp3) is 0.108. The number of hydrogen-bond acceptors (Lipinski definition) is 2. The Kier molecular flexibility index (Phi) is 8.40. The van der Waals surface area contributed by atoms with E-state index in [1.165, 1.54) is 156 Å². The van der Waals surface area contributed by atoms with Crippen LogP contribution in [-0.2, 0) is 16.2 Å². The summed E-state index contributed by atoms with van der Waals surface area (Å²) in [5, 5.41) is 0. The van der Waals surface area contributed by atoms with Crippen LogP contribution in [0.5, 0.6) is 0 Å². The second kappa shape index (κ2) is 14.9. The molecule has 2 aliphatic heterocycles. The Bertz CT molecular complexity index is 4090. The Balaban J connectivity index is 0.917. The first-order valence-electron chi connectivity index (χ1n) is 27.5. The lowest BCUT2D eigenvalue weighted by molar-refractivity contribution is 0.590. The van der Waals surface area contributed by atoms with Gasteiger partial charge in [-0.05, 0) is 190 Å². The Morgan fingerprint density at radius 3 is 0.961 bits per heavy atom. The molecule has 0 fully saturated rings. The van der Waals surface area contributed by atoms with Crippen molar-refractivity contribution in [3.05, 3.63) is 292 Å². The van der Waals surface area contributed by atoms with Gasteiger partial charge in [-0.2, -0.15) is 0 Å². The van der Waals surface area contributed by atoms with Gasteiger partial charge >= 0.3 is 0 Å². The average Bonchev–Trinajstić information content (AvgIpc) is 3.48. The van der Waals surface area contributed by atoms with Crippen LogP contribution in [0.2, 0.25) is 0 Å². The number of aryl methyl sites for hydroxylation is 2. The standard InChI is InChI=1S/C74H53BN2/c1-44-30-36-65-67(38-44)76(47-32-34-63-55(42-47)53-22-10-16-28-61(53)73(63)57-24-12-6-18-49(57)50-19-7-13-25-58(50)73)69-40-46(72(3,4)5)41-70-71(69)75(65)66-37-31-45(2)39-68(66)77(70)48-33-35-64-56(43-48)54-23-11-17-29-62(54)74(64)59-26-14-8-20-51(59)52-21-9-15-27-60(52)74/h6-43H,1-5H3. The molecule has 2 spiro atoms. The summed E-state index contributed by atoms with van der Waals surface area (Å²) < 4.78 is 0. The minimum Gasteiger partial charge on any atom is -0.311 e. The number of nitrogens with zero attached hydrogens (tertiary/aromatic N) is 2. The van der Waals surface area contributed by atoms with Crippen molar-refractivity contribution in [1.82, 2.24) is 0 Å². The van der Waals surface area contributed by atoms with Crippen LogP contribution in [0.4, 0.5) is 34.1 Å². The van der Waals surface area contributed by atoms with Gasteiger partial charge in [0.2, 0.25) is 0 Å². The van der Waals surface area contributed by atoms with E-state index < -0.39 is 10.8 Å². The van der Waals surface area contributed by atoms with E-state index in [1.807, 2.05) is 0 Å². The second-order valence-electron chi connectivity index (χ2n) is 23.6. The molecule has 362 valence electrons. The molecule has 11 aromatic rings. The van der Waals surface area contributed by atoms with Crippen molar-refractivity contribution in [1.29, 1.82) is 0 Å². The fourth-order valence-electron chi connectivity index (χ4n) is 15.7. The highest BCUT2D eigenvalue weighted by Gasteiger charge is 2.54. The van der Waals surface area contributed by atoms with Gasteiger partial charge in [-0.3, -0.25) is 0 Å². The van der Waals surface area contributed by atoms with Gasteiger partial charge in [0.05, 0.1) is 10.8 Å². The zero-order valence-corrected chi connectivity index (χ0v) is 43.9. The van der Waals surface area contributed by atoms with Crippen LogP contribution in [0.1, 0.15) is 82.0 Å². The quantitative estimate of drug-likeness (QED) is 0.159. The summed E-state index contributed by atoms with van der Waals surface area (Å²) >= 11 is 0. The van der Waals surface area contributed by atoms with E-state index in [0.717, 1.165) is 0 Å². The van der Waals surface area contributed by atoms with Crippen LogP contribution in [0.15, 0.2) is 231 Å². The maximum Gasteiger partial charge on any atom is 0.252 e. The average molecular weight is 981 g/mol. The molecule has 0 unspecified atom stereocenters. The molecule has 2 nitrogen and oxygen atoms in total. The van der Waals surface area contributed by atoms with Gasteiger partial charge in [0.25, 0.3) is 6.71 Å². The molecule has 0 N–H and O–H groups in total. The van der Waals surface area contributed by atoms with Gasteiger partial charge in [0.1, 0.15) is 0 Å². The number of anilines is 6. The number of fused-ring (bicyclic) bond motifs is 24. The van der Waals surface area contributed by atoms with Crippen molar-refractivity contribution in [3.63, 3.8) is 0 Å². The Morgan fingerprint density at radius 2 is 0.623 bits per heavy atom. The lowest BCUT2D eigenvalue weighted by Crippen LogP contribution is -2.61. The number of rotatable bonds is 2. The minimum atomic E-state index is -0.409. The topological polar surface area (TPSA) is 6.48 Å². The summed E-state index contributed by atoms with van der Waals surface area (Å²) in [6, 6.07) is 89.3. The zero-order chi connectivity index (χ0) is 51.3. The first kappa shape index (κ1) is 43.3. The van der Waals surface area contributed by atoms with Gasteiger partial charge in [-0.25, -0.2) is 0 Å². The lowest BCUT2D eigenvalue weighted by Gasteiger charge is -2.45. The molecule has 0 atom stereocenters. The van der Waals surface area contributed by atoms with Crippen molar-refractivity contribution in [3.8, 4) is 44.5 Å². The molecule has 77 heavy (non-hydrogen) atoms. The molecule has 0 saturated heterocycles. The third kappa shape index (κ3) is 5.32. The Labute approximate surface area is 451 Å². The van der Waals surface area contributed by atoms with E-state index in [9.17, 15) is 0 Å². The van der Waals surface area contributed by atoms with Crippen molar-refractivity contribution in [2.45, 2.75) is 50.9 Å². The summed E-state index contributed by atoms with van der Waals surface area (Å²) in [4.78, 5) is 5.26. The van der Waals surface area contributed by atoms with Gasteiger partial charge in [0, 0.05) is 34.1 Å². The molecule has 3 heteroatoms. The molecular formula is C74H53BN2. The molecule has 0 saturated carbocycles. The number of hydrogen-bond donors (Lipinski definition) is 0. The highest BCUT2D eigenvalue weighted by atomic mass is 15.2. The molecule has 6 aliphatic rings.